The van der Waals surface area contributed by atoms with Gasteiger partial charge in [0.2, 0.25) is 0 Å². The molecule has 1 aliphatic carbocycles. The number of carbonyl (C=O) groups is 1. The van der Waals surface area contributed by atoms with Crippen LogP contribution in [0.25, 0.3) is 15.9 Å². The van der Waals surface area contributed by atoms with E-state index in [9.17, 15) is 14.0 Å². The molecule has 0 saturated heterocycles. The summed E-state index contributed by atoms with van der Waals surface area (Å²) in [5, 5.41) is 5.60. The molecule has 0 spiro atoms. The molecule has 1 aliphatic rings. The summed E-state index contributed by atoms with van der Waals surface area (Å²) in [5.41, 5.74) is 4.74. The lowest BCUT2D eigenvalue weighted by atomic mass is 9.97. The summed E-state index contributed by atoms with van der Waals surface area (Å²) in [6, 6.07) is 12.7. The summed E-state index contributed by atoms with van der Waals surface area (Å²) >= 11 is 8.80. The molecule has 2 aromatic heterocycles. The highest BCUT2D eigenvalue weighted by Crippen LogP contribution is 2.35. The molecule has 2 heterocycles. The van der Waals surface area contributed by atoms with Crippen molar-refractivity contribution < 1.29 is 9.18 Å². The molecule has 1 amide bonds. The van der Waals surface area contributed by atoms with Gasteiger partial charge in [-0.1, -0.05) is 35.5 Å². The largest absolute Gasteiger partial charge is 0.272 e. The Morgan fingerprint density at radius 1 is 1.17 bits per heavy atom. The predicted molar refractivity (Wildman–Crippen MR) is 140 cm³/mol. The number of nitrogens with zero attached hydrogens (tertiary/aromatic N) is 3. The van der Waals surface area contributed by atoms with E-state index in [1.165, 1.54) is 35.0 Å². The number of carbonyl (C=O) groups excluding carboxylic acids is 1. The van der Waals surface area contributed by atoms with Gasteiger partial charge in [-0.25, -0.2) is 14.8 Å². The average molecular weight is 527 g/mol. The van der Waals surface area contributed by atoms with Gasteiger partial charge >= 0.3 is 0 Å². The Bertz CT molecular complexity index is 1480. The Morgan fingerprint density at radius 2 is 1.91 bits per heavy atom. The second-order valence-corrected chi connectivity index (χ2v) is 10.5. The number of halogens is 2. The van der Waals surface area contributed by atoms with Gasteiger partial charge in [0.1, 0.15) is 10.6 Å². The minimum absolute atomic E-state index is 0.0113. The van der Waals surface area contributed by atoms with Crippen LogP contribution in [0.15, 0.2) is 63.6 Å². The third-order valence-electron chi connectivity index (χ3n) is 5.65. The van der Waals surface area contributed by atoms with E-state index in [2.05, 4.69) is 10.5 Å². The number of hydrogen-bond donors (Lipinski definition) is 1. The van der Waals surface area contributed by atoms with E-state index in [1.54, 1.807) is 52.3 Å². The number of thioether (sulfide) groups is 1. The van der Waals surface area contributed by atoms with E-state index in [1.807, 2.05) is 0 Å². The molecular weight excluding hydrogens is 507 g/mol. The predicted octanol–water partition coefficient (Wildman–Crippen LogP) is 5.36. The SMILES string of the molecule is O=C(CSc1nc2sc3c(c2c(=O)n1-c1ccc(Cl)cc1)CCCC3)N/N=C/c1ccc(F)cc1. The van der Waals surface area contributed by atoms with Crippen LogP contribution in [0.3, 0.4) is 0 Å². The smallest absolute Gasteiger partial charge is 0.267 e. The lowest BCUT2D eigenvalue weighted by Crippen LogP contribution is -2.24. The van der Waals surface area contributed by atoms with E-state index < -0.39 is 0 Å². The van der Waals surface area contributed by atoms with Crippen molar-refractivity contribution in [3.63, 3.8) is 0 Å². The Hall–Kier alpha value is -3.01. The minimum atomic E-state index is -0.351. The summed E-state index contributed by atoms with van der Waals surface area (Å²) in [7, 11) is 0. The number of thiophene rings is 1. The molecule has 10 heteroatoms. The highest BCUT2D eigenvalue weighted by Gasteiger charge is 2.23. The van der Waals surface area contributed by atoms with Gasteiger partial charge in [-0.05, 0) is 73.2 Å². The summed E-state index contributed by atoms with van der Waals surface area (Å²) in [6.45, 7) is 0. The van der Waals surface area contributed by atoms with Crippen molar-refractivity contribution in [2.75, 3.05) is 5.75 Å². The Balaban J connectivity index is 1.42. The van der Waals surface area contributed by atoms with Crippen molar-refractivity contribution in [1.82, 2.24) is 15.0 Å². The van der Waals surface area contributed by atoms with Crippen molar-refractivity contribution in [2.24, 2.45) is 5.10 Å². The molecule has 6 nitrogen and oxygen atoms in total. The van der Waals surface area contributed by atoms with Crippen LogP contribution in [0, 0.1) is 5.82 Å². The van der Waals surface area contributed by atoms with Crippen molar-refractivity contribution in [3.05, 3.63) is 85.7 Å². The Labute approximate surface area is 213 Å². The normalized spacial score (nSPS) is 13.3. The number of hydrazone groups is 1. The van der Waals surface area contributed by atoms with E-state index in [0.717, 1.165) is 31.2 Å². The lowest BCUT2D eigenvalue weighted by molar-refractivity contribution is -0.118. The third kappa shape index (κ3) is 5.17. The fourth-order valence-corrected chi connectivity index (χ4v) is 6.22. The zero-order valence-corrected chi connectivity index (χ0v) is 20.9. The Morgan fingerprint density at radius 3 is 2.69 bits per heavy atom. The second kappa shape index (κ2) is 10.3. The maximum Gasteiger partial charge on any atom is 0.267 e. The van der Waals surface area contributed by atoms with Gasteiger partial charge < -0.3 is 0 Å². The molecule has 0 saturated carbocycles. The topological polar surface area (TPSA) is 76.3 Å². The van der Waals surface area contributed by atoms with E-state index in [4.69, 9.17) is 16.6 Å². The van der Waals surface area contributed by atoms with Crippen molar-refractivity contribution in [3.8, 4) is 5.69 Å². The molecule has 0 bridgehead atoms. The lowest BCUT2D eigenvalue weighted by Gasteiger charge is -2.13. The maximum absolute atomic E-state index is 13.7. The van der Waals surface area contributed by atoms with Gasteiger partial charge in [0.15, 0.2) is 5.16 Å². The van der Waals surface area contributed by atoms with Crippen LogP contribution in [0.1, 0.15) is 28.8 Å². The molecule has 35 heavy (non-hydrogen) atoms. The van der Waals surface area contributed by atoms with Gasteiger partial charge in [-0.2, -0.15) is 5.10 Å². The van der Waals surface area contributed by atoms with Gasteiger partial charge in [-0.3, -0.25) is 14.2 Å². The van der Waals surface area contributed by atoms with Gasteiger partial charge in [-0.15, -0.1) is 11.3 Å². The molecule has 0 atom stereocenters. The van der Waals surface area contributed by atoms with E-state index >= 15 is 0 Å². The monoisotopic (exact) mass is 526 g/mol. The number of aryl methyl sites for hydroxylation is 2. The molecule has 0 unspecified atom stereocenters. The quantitative estimate of drug-likeness (QED) is 0.159. The highest BCUT2D eigenvalue weighted by atomic mass is 35.5. The molecule has 0 aliphatic heterocycles. The van der Waals surface area contributed by atoms with Crippen molar-refractivity contribution in [2.45, 2.75) is 30.8 Å². The van der Waals surface area contributed by atoms with Crippen molar-refractivity contribution in [1.29, 1.82) is 0 Å². The summed E-state index contributed by atoms with van der Waals surface area (Å²) in [6.07, 6.45) is 5.47. The van der Waals surface area contributed by atoms with Crippen LogP contribution in [0.4, 0.5) is 4.39 Å². The zero-order chi connectivity index (χ0) is 24.4. The molecule has 2 aromatic carbocycles. The minimum Gasteiger partial charge on any atom is -0.272 e. The van der Waals surface area contributed by atoms with Crippen LogP contribution in [-0.4, -0.2) is 27.4 Å². The first-order valence-corrected chi connectivity index (χ1v) is 13.2. The number of aromatic nitrogens is 2. The standard InChI is InChI=1S/C25H20ClFN4O2S2/c26-16-7-11-18(12-8-16)31-24(33)22-19-3-1-2-4-20(19)35-23(22)29-25(31)34-14-21(32)30-28-13-15-5-9-17(27)10-6-15/h5-13H,1-4,14H2,(H,30,32)/b28-13+. The van der Waals surface area contributed by atoms with Crippen molar-refractivity contribution >= 4 is 57.0 Å². The maximum atomic E-state index is 13.7. The van der Waals surface area contributed by atoms with Gasteiger partial charge in [0.05, 0.1) is 23.0 Å². The van der Waals surface area contributed by atoms with Crippen LogP contribution in [0.2, 0.25) is 5.02 Å². The third-order valence-corrected chi connectivity index (χ3v) is 8.02. The number of rotatable bonds is 6. The number of amides is 1. The molecule has 5 rings (SSSR count). The fourth-order valence-electron chi connectivity index (χ4n) is 3.99. The van der Waals surface area contributed by atoms with E-state index in [-0.39, 0.29) is 23.0 Å². The zero-order valence-electron chi connectivity index (χ0n) is 18.5. The first-order valence-electron chi connectivity index (χ1n) is 11.0. The molecule has 178 valence electrons. The van der Waals surface area contributed by atoms with Crippen LogP contribution in [-0.2, 0) is 17.6 Å². The average Bonchev–Trinajstić information content (AvgIpc) is 3.23. The van der Waals surface area contributed by atoms with Crippen LogP contribution < -0.4 is 11.0 Å². The van der Waals surface area contributed by atoms with Gasteiger partial charge in [0, 0.05) is 9.90 Å². The molecule has 4 aromatic rings. The van der Waals surface area contributed by atoms with Crippen LogP contribution in [0.5, 0.6) is 0 Å². The molecule has 0 radical (unpaired) electrons. The highest BCUT2D eigenvalue weighted by molar-refractivity contribution is 7.99. The summed E-state index contributed by atoms with van der Waals surface area (Å²) in [5.74, 6) is -0.682. The van der Waals surface area contributed by atoms with E-state index in [0.29, 0.717) is 31.6 Å². The summed E-state index contributed by atoms with van der Waals surface area (Å²) < 4.78 is 14.6. The Kier molecular flexibility index (Phi) is 6.99. The first-order chi connectivity index (χ1) is 17.0. The molecule has 1 N–H and O–H groups in total. The fraction of sp³-hybridized carbons (Fsp3) is 0.200. The number of nitrogens with one attached hydrogen (secondary N) is 1. The van der Waals surface area contributed by atoms with Crippen LogP contribution >= 0.6 is 34.7 Å². The second-order valence-electron chi connectivity index (χ2n) is 8.04. The number of hydrogen-bond acceptors (Lipinski definition) is 6. The summed E-state index contributed by atoms with van der Waals surface area (Å²) in [4.78, 5) is 32.9. The number of fused-ring (bicyclic) bond motifs is 3. The first kappa shape index (κ1) is 23.7. The number of benzene rings is 2. The molecular formula is C25H20ClFN4O2S2. The van der Waals surface area contributed by atoms with Gasteiger partial charge in [0.25, 0.3) is 11.5 Å². The molecule has 0 fully saturated rings.